The van der Waals surface area contributed by atoms with E-state index in [1.54, 1.807) is 0 Å². The lowest BCUT2D eigenvalue weighted by Gasteiger charge is -2.20. The monoisotopic (exact) mass is 560 g/mol. The van der Waals surface area contributed by atoms with Gasteiger partial charge < -0.3 is 0 Å². The highest BCUT2D eigenvalue weighted by Crippen LogP contribution is 2.51. The maximum atomic E-state index is 2.43. The first-order valence-corrected chi connectivity index (χ1v) is 15.6. The third-order valence-corrected chi connectivity index (χ3v) is 9.72. The van der Waals surface area contributed by atoms with E-state index in [0.717, 1.165) is 0 Å². The highest BCUT2D eigenvalue weighted by Gasteiger charge is 2.25. The SMILES string of the molecule is CC(C)(C)c1ccc2c(c1)-c1cc3ccc4cc(-c5cccc(-c6cccc7ccccc67)c5)ccc4c3c3cccc-2c13. The van der Waals surface area contributed by atoms with Crippen LogP contribution >= 0.6 is 0 Å². The number of rotatable bonds is 2. The van der Waals surface area contributed by atoms with Crippen molar-refractivity contribution in [1.29, 1.82) is 0 Å². The van der Waals surface area contributed by atoms with Gasteiger partial charge in [-0.05, 0) is 123 Å². The molecule has 0 aliphatic heterocycles. The van der Waals surface area contributed by atoms with Gasteiger partial charge in [0, 0.05) is 0 Å². The van der Waals surface area contributed by atoms with E-state index in [9.17, 15) is 0 Å². The van der Waals surface area contributed by atoms with Crippen molar-refractivity contribution >= 4 is 43.1 Å². The van der Waals surface area contributed by atoms with Gasteiger partial charge in [-0.1, -0.05) is 136 Å². The van der Waals surface area contributed by atoms with Gasteiger partial charge in [-0.3, -0.25) is 0 Å². The Morgan fingerprint density at radius 2 is 1.07 bits per heavy atom. The number of benzene rings is 8. The Morgan fingerprint density at radius 1 is 0.341 bits per heavy atom. The van der Waals surface area contributed by atoms with E-state index in [4.69, 9.17) is 0 Å². The van der Waals surface area contributed by atoms with Crippen molar-refractivity contribution < 1.29 is 0 Å². The summed E-state index contributed by atoms with van der Waals surface area (Å²) in [5.41, 5.74) is 11.9. The molecule has 0 nitrogen and oxygen atoms in total. The van der Waals surface area contributed by atoms with E-state index >= 15 is 0 Å². The van der Waals surface area contributed by atoms with Crippen LogP contribution in [0.2, 0.25) is 0 Å². The molecular formula is C44H32. The van der Waals surface area contributed by atoms with Crippen molar-refractivity contribution in [1.82, 2.24) is 0 Å². The van der Waals surface area contributed by atoms with Crippen molar-refractivity contribution in [3.63, 3.8) is 0 Å². The first kappa shape index (κ1) is 25.3. The third kappa shape index (κ3) is 3.71. The molecule has 8 aromatic carbocycles. The Labute approximate surface area is 258 Å². The molecule has 0 atom stereocenters. The quantitative estimate of drug-likeness (QED) is 0.184. The molecule has 1 aliphatic carbocycles. The zero-order chi connectivity index (χ0) is 29.6. The van der Waals surface area contributed by atoms with Crippen LogP contribution < -0.4 is 0 Å². The van der Waals surface area contributed by atoms with Crippen molar-refractivity contribution in [2.75, 3.05) is 0 Å². The highest BCUT2D eigenvalue weighted by atomic mass is 14.3. The minimum absolute atomic E-state index is 0.113. The van der Waals surface area contributed by atoms with Gasteiger partial charge >= 0.3 is 0 Å². The molecule has 0 amide bonds. The van der Waals surface area contributed by atoms with Crippen molar-refractivity contribution in [3.8, 4) is 44.5 Å². The van der Waals surface area contributed by atoms with Crippen LogP contribution in [0, 0.1) is 0 Å². The molecule has 44 heavy (non-hydrogen) atoms. The van der Waals surface area contributed by atoms with Gasteiger partial charge in [-0.2, -0.15) is 0 Å². The van der Waals surface area contributed by atoms with E-state index in [0.29, 0.717) is 0 Å². The second-order valence-electron chi connectivity index (χ2n) is 13.4. The standard InChI is InChI=1S/C44H32/c1-44(2,3)33-20-22-37-38-15-8-16-39-42-32(25-41(43(38)39)40(37)26-33)18-17-31-24-29(19-21-36(31)42)28-11-6-12-30(23-28)35-14-7-10-27-9-4-5-13-34(27)35/h4-26H,1-3H3. The molecule has 0 bridgehead atoms. The first-order valence-electron chi connectivity index (χ1n) is 15.6. The van der Waals surface area contributed by atoms with Crippen LogP contribution in [0.25, 0.3) is 87.6 Å². The molecule has 1 aliphatic rings. The number of hydrogen-bond donors (Lipinski definition) is 0. The van der Waals surface area contributed by atoms with Gasteiger partial charge in [0.2, 0.25) is 0 Å². The summed E-state index contributed by atoms with van der Waals surface area (Å²) < 4.78 is 0. The molecule has 0 heterocycles. The minimum Gasteiger partial charge on any atom is -0.0616 e. The van der Waals surface area contributed by atoms with Gasteiger partial charge in [0.05, 0.1) is 0 Å². The predicted molar refractivity (Wildman–Crippen MR) is 190 cm³/mol. The van der Waals surface area contributed by atoms with Crippen molar-refractivity contribution in [2.45, 2.75) is 26.2 Å². The van der Waals surface area contributed by atoms with E-state index in [-0.39, 0.29) is 5.41 Å². The fraction of sp³-hybridized carbons (Fsp3) is 0.0909. The summed E-state index contributed by atoms with van der Waals surface area (Å²) in [4.78, 5) is 0. The Kier molecular flexibility index (Phi) is 5.26. The minimum atomic E-state index is 0.113. The normalized spacial score (nSPS) is 12.4. The van der Waals surface area contributed by atoms with Gasteiger partial charge in [-0.25, -0.2) is 0 Å². The van der Waals surface area contributed by atoms with Crippen LogP contribution in [0.5, 0.6) is 0 Å². The second kappa shape index (κ2) is 9.15. The zero-order valence-electron chi connectivity index (χ0n) is 25.3. The van der Waals surface area contributed by atoms with Gasteiger partial charge in [0.25, 0.3) is 0 Å². The molecule has 0 fully saturated rings. The zero-order valence-corrected chi connectivity index (χ0v) is 25.3. The summed E-state index contributed by atoms with van der Waals surface area (Å²) in [6.07, 6.45) is 0. The molecule has 0 saturated carbocycles. The molecule has 0 unspecified atom stereocenters. The topological polar surface area (TPSA) is 0 Å². The van der Waals surface area contributed by atoms with E-state index in [1.165, 1.54) is 93.2 Å². The third-order valence-electron chi connectivity index (χ3n) is 9.72. The molecule has 0 aromatic heterocycles. The maximum Gasteiger partial charge on any atom is -0.00197 e. The molecular weight excluding hydrogens is 528 g/mol. The summed E-state index contributed by atoms with van der Waals surface area (Å²) in [7, 11) is 0. The summed E-state index contributed by atoms with van der Waals surface area (Å²) in [6.45, 7) is 6.90. The summed E-state index contributed by atoms with van der Waals surface area (Å²) in [6, 6.07) is 52.2. The fourth-order valence-electron chi connectivity index (χ4n) is 7.47. The Morgan fingerprint density at radius 3 is 1.98 bits per heavy atom. The lowest BCUT2D eigenvalue weighted by molar-refractivity contribution is 0.590. The predicted octanol–water partition coefficient (Wildman–Crippen LogP) is 12.6. The molecule has 8 aromatic rings. The van der Waals surface area contributed by atoms with E-state index in [1.807, 2.05) is 0 Å². The maximum absolute atomic E-state index is 2.43. The molecule has 9 rings (SSSR count). The Bertz CT molecular complexity index is 2460. The molecule has 0 spiro atoms. The highest BCUT2D eigenvalue weighted by molar-refractivity contribution is 6.28. The van der Waals surface area contributed by atoms with E-state index in [2.05, 4.69) is 160 Å². The van der Waals surface area contributed by atoms with Crippen LogP contribution in [0.1, 0.15) is 26.3 Å². The average molecular weight is 561 g/mol. The Hall–Kier alpha value is -5.20. The molecule has 0 saturated heterocycles. The largest absolute Gasteiger partial charge is 0.0616 e. The summed E-state index contributed by atoms with van der Waals surface area (Å²) in [5, 5.41) is 10.5. The smallest absolute Gasteiger partial charge is 0.00197 e. The lowest BCUT2D eigenvalue weighted by atomic mass is 9.84. The lowest BCUT2D eigenvalue weighted by Crippen LogP contribution is -2.10. The van der Waals surface area contributed by atoms with Crippen LogP contribution in [-0.4, -0.2) is 0 Å². The molecule has 0 heteroatoms. The van der Waals surface area contributed by atoms with Crippen molar-refractivity contribution in [3.05, 3.63) is 145 Å². The fourth-order valence-corrected chi connectivity index (χ4v) is 7.47. The van der Waals surface area contributed by atoms with Gasteiger partial charge in [0.15, 0.2) is 0 Å². The average Bonchev–Trinajstić information content (AvgIpc) is 3.37. The van der Waals surface area contributed by atoms with Crippen molar-refractivity contribution in [2.24, 2.45) is 0 Å². The number of fused-ring (bicyclic) bond motifs is 8. The molecule has 0 N–H and O–H groups in total. The van der Waals surface area contributed by atoms with E-state index < -0.39 is 0 Å². The molecule has 208 valence electrons. The summed E-state index contributed by atoms with van der Waals surface area (Å²) in [5.74, 6) is 0. The van der Waals surface area contributed by atoms with Gasteiger partial charge in [-0.15, -0.1) is 0 Å². The number of hydrogen-bond acceptors (Lipinski definition) is 0. The van der Waals surface area contributed by atoms with Crippen LogP contribution in [0.15, 0.2) is 140 Å². The van der Waals surface area contributed by atoms with Crippen LogP contribution in [0.4, 0.5) is 0 Å². The van der Waals surface area contributed by atoms with Crippen LogP contribution in [-0.2, 0) is 5.41 Å². The van der Waals surface area contributed by atoms with Crippen LogP contribution in [0.3, 0.4) is 0 Å². The molecule has 0 radical (unpaired) electrons. The second-order valence-corrected chi connectivity index (χ2v) is 13.4. The first-order chi connectivity index (χ1) is 21.4. The van der Waals surface area contributed by atoms with Gasteiger partial charge in [0.1, 0.15) is 0 Å². The summed E-state index contributed by atoms with van der Waals surface area (Å²) >= 11 is 0. The Balaban J connectivity index is 1.21.